The fourth-order valence-corrected chi connectivity index (χ4v) is 4.64. The number of phenols is 1. The average Bonchev–Trinajstić information content (AvgIpc) is 3.63. The van der Waals surface area contributed by atoms with E-state index in [1.165, 1.54) is 13.0 Å². The first-order chi connectivity index (χ1) is 15.7. The van der Waals surface area contributed by atoms with Gasteiger partial charge in [0.05, 0.1) is 0 Å². The highest BCUT2D eigenvalue weighted by Crippen LogP contribution is 2.43. The van der Waals surface area contributed by atoms with Gasteiger partial charge in [-0.2, -0.15) is 0 Å². The Morgan fingerprint density at radius 1 is 1.24 bits per heavy atom. The molecule has 0 amide bonds. The maximum absolute atomic E-state index is 14.7. The predicted molar refractivity (Wildman–Crippen MR) is 130 cm³/mol. The molecule has 2 aliphatic rings. The standard InChI is InChI=1S/C29H29FO3/c1-4-19-16-18(6-14-26(19)29(3,30)5-2)17-21(31)9-10-24-23-12-11-22(20-7-8-20)28(33)25(23)13-15-27(24)32/h4-6,11-16,20,22,32H,1-2,7-10,17H2,3H3. The third-order valence-electron chi connectivity index (χ3n) is 6.80. The van der Waals surface area contributed by atoms with Gasteiger partial charge in [-0.3, -0.25) is 9.59 Å². The summed E-state index contributed by atoms with van der Waals surface area (Å²) in [6.45, 7) is 8.76. The van der Waals surface area contributed by atoms with Crippen molar-refractivity contribution in [2.45, 2.75) is 44.7 Å². The summed E-state index contributed by atoms with van der Waals surface area (Å²) in [6, 6.07) is 8.46. The fraction of sp³-hybridized carbons (Fsp3) is 0.310. The third kappa shape index (κ3) is 4.61. The van der Waals surface area contributed by atoms with Crippen LogP contribution < -0.4 is 0 Å². The molecule has 2 aromatic rings. The third-order valence-corrected chi connectivity index (χ3v) is 6.80. The van der Waals surface area contributed by atoms with Crippen LogP contribution in [0.25, 0.3) is 12.2 Å². The zero-order valence-corrected chi connectivity index (χ0v) is 18.9. The number of fused-ring (bicyclic) bond motifs is 1. The smallest absolute Gasteiger partial charge is 0.170 e. The van der Waals surface area contributed by atoms with Crippen molar-refractivity contribution in [3.63, 3.8) is 0 Å². The number of Topliss-reactive ketones (excluding diaryl/α,β-unsaturated/α-hetero) is 2. The largest absolute Gasteiger partial charge is 0.508 e. The minimum Gasteiger partial charge on any atom is -0.508 e. The van der Waals surface area contributed by atoms with Crippen molar-refractivity contribution in [1.29, 1.82) is 0 Å². The molecule has 4 rings (SSSR count). The quantitative estimate of drug-likeness (QED) is 0.456. The van der Waals surface area contributed by atoms with Gasteiger partial charge >= 0.3 is 0 Å². The Labute approximate surface area is 194 Å². The maximum Gasteiger partial charge on any atom is 0.170 e. The van der Waals surface area contributed by atoms with E-state index < -0.39 is 5.67 Å². The van der Waals surface area contributed by atoms with Gasteiger partial charge in [0.25, 0.3) is 0 Å². The number of hydrogen-bond donors (Lipinski definition) is 1. The normalized spacial score (nSPS) is 19.0. The van der Waals surface area contributed by atoms with Gasteiger partial charge in [0.2, 0.25) is 0 Å². The molecule has 33 heavy (non-hydrogen) atoms. The highest BCUT2D eigenvalue weighted by Gasteiger charge is 2.37. The number of carbonyl (C=O) groups excluding carboxylic acids is 2. The van der Waals surface area contributed by atoms with Crippen LogP contribution in [0, 0.1) is 11.8 Å². The summed E-state index contributed by atoms with van der Waals surface area (Å²) in [5, 5.41) is 10.4. The summed E-state index contributed by atoms with van der Waals surface area (Å²) in [7, 11) is 0. The lowest BCUT2D eigenvalue weighted by Gasteiger charge is -2.21. The molecule has 0 radical (unpaired) electrons. The second-order valence-corrected chi connectivity index (χ2v) is 9.23. The van der Waals surface area contributed by atoms with Crippen molar-refractivity contribution in [2.75, 3.05) is 0 Å². The zero-order chi connectivity index (χ0) is 23.8. The van der Waals surface area contributed by atoms with Crippen molar-refractivity contribution in [3.8, 4) is 5.75 Å². The molecule has 0 bridgehead atoms. The van der Waals surface area contributed by atoms with E-state index in [1.54, 1.807) is 36.4 Å². The van der Waals surface area contributed by atoms with E-state index >= 15 is 0 Å². The monoisotopic (exact) mass is 444 g/mol. The molecule has 0 saturated heterocycles. The molecule has 0 heterocycles. The second-order valence-electron chi connectivity index (χ2n) is 9.23. The molecule has 2 aliphatic carbocycles. The van der Waals surface area contributed by atoms with Crippen molar-refractivity contribution in [2.24, 2.45) is 11.8 Å². The Morgan fingerprint density at radius 3 is 2.67 bits per heavy atom. The molecule has 1 saturated carbocycles. The van der Waals surface area contributed by atoms with E-state index in [0.29, 0.717) is 34.6 Å². The molecule has 0 aromatic heterocycles. The summed E-state index contributed by atoms with van der Waals surface area (Å²) in [5.74, 6) is 0.594. The lowest BCUT2D eigenvalue weighted by molar-refractivity contribution is -0.118. The maximum atomic E-state index is 14.7. The molecule has 2 aromatic carbocycles. The van der Waals surface area contributed by atoms with E-state index in [4.69, 9.17) is 0 Å². The number of carbonyl (C=O) groups is 2. The summed E-state index contributed by atoms with van der Waals surface area (Å²) < 4.78 is 14.7. The number of halogens is 1. The van der Waals surface area contributed by atoms with Gasteiger partial charge in [0, 0.05) is 29.9 Å². The van der Waals surface area contributed by atoms with Crippen molar-refractivity contribution in [3.05, 3.63) is 89.0 Å². The SMILES string of the molecule is C=Cc1cc(CC(=O)CCc2c(O)ccc3c2C=CC(C2CC2)C3=O)ccc1C(C)(F)C=C. The Bertz CT molecular complexity index is 1170. The van der Waals surface area contributed by atoms with Crippen molar-refractivity contribution in [1.82, 2.24) is 0 Å². The minimum atomic E-state index is -1.68. The molecule has 0 spiro atoms. The van der Waals surface area contributed by atoms with Crippen LogP contribution in [0.1, 0.15) is 64.4 Å². The van der Waals surface area contributed by atoms with E-state index in [0.717, 1.165) is 24.0 Å². The molecule has 0 aliphatic heterocycles. The van der Waals surface area contributed by atoms with Crippen LogP contribution in [-0.2, 0) is 23.3 Å². The predicted octanol–water partition coefficient (Wildman–Crippen LogP) is 6.39. The number of allylic oxidation sites excluding steroid dienone is 2. The number of phenolic OH excluding ortho intramolecular Hbond substituents is 1. The first kappa shape index (κ1) is 22.9. The first-order valence-corrected chi connectivity index (χ1v) is 11.4. The number of benzene rings is 2. The summed E-state index contributed by atoms with van der Waals surface area (Å²) in [5.41, 5.74) is 2.20. The van der Waals surface area contributed by atoms with Gasteiger partial charge < -0.3 is 5.11 Å². The van der Waals surface area contributed by atoms with Crippen LogP contribution in [0.5, 0.6) is 5.75 Å². The van der Waals surface area contributed by atoms with Gasteiger partial charge in [-0.25, -0.2) is 4.39 Å². The molecule has 2 unspecified atom stereocenters. The lowest BCUT2D eigenvalue weighted by atomic mass is 9.82. The van der Waals surface area contributed by atoms with E-state index in [1.807, 2.05) is 12.2 Å². The second kappa shape index (κ2) is 8.93. The minimum absolute atomic E-state index is 0.00321. The molecule has 2 atom stereocenters. The van der Waals surface area contributed by atoms with E-state index in [9.17, 15) is 19.1 Å². The Morgan fingerprint density at radius 2 is 2.00 bits per heavy atom. The highest BCUT2D eigenvalue weighted by atomic mass is 19.1. The van der Waals surface area contributed by atoms with Gasteiger partial charge in [0.1, 0.15) is 11.5 Å². The molecule has 1 N–H and O–H groups in total. The van der Waals surface area contributed by atoms with Gasteiger partial charge in [0.15, 0.2) is 11.5 Å². The number of rotatable bonds is 9. The fourth-order valence-electron chi connectivity index (χ4n) is 4.64. The van der Waals surface area contributed by atoms with Crippen LogP contribution >= 0.6 is 0 Å². The highest BCUT2D eigenvalue weighted by molar-refractivity contribution is 6.05. The molecule has 170 valence electrons. The van der Waals surface area contributed by atoms with Gasteiger partial charge in [-0.15, -0.1) is 0 Å². The molecule has 3 nitrogen and oxygen atoms in total. The van der Waals surface area contributed by atoms with Crippen LogP contribution in [0.3, 0.4) is 0 Å². The van der Waals surface area contributed by atoms with E-state index in [-0.39, 0.29) is 36.1 Å². The van der Waals surface area contributed by atoms with Gasteiger partial charge in [-0.05, 0) is 66.5 Å². The van der Waals surface area contributed by atoms with Crippen LogP contribution in [-0.4, -0.2) is 16.7 Å². The van der Waals surface area contributed by atoms with Gasteiger partial charge in [-0.1, -0.05) is 55.7 Å². The zero-order valence-electron chi connectivity index (χ0n) is 18.9. The molecule has 4 heteroatoms. The number of ketones is 2. The number of hydrogen-bond acceptors (Lipinski definition) is 3. The summed E-state index contributed by atoms with van der Waals surface area (Å²) >= 11 is 0. The Balaban J connectivity index is 1.48. The van der Waals surface area contributed by atoms with Crippen molar-refractivity contribution < 1.29 is 19.1 Å². The van der Waals surface area contributed by atoms with Crippen LogP contribution in [0.15, 0.2) is 55.6 Å². The molecule has 1 fully saturated rings. The Hall–Kier alpha value is -3.27. The molecular formula is C29H29FO3. The number of alkyl halides is 1. The average molecular weight is 445 g/mol. The van der Waals surface area contributed by atoms with Crippen LogP contribution in [0.2, 0.25) is 0 Å². The first-order valence-electron chi connectivity index (χ1n) is 11.4. The lowest BCUT2D eigenvalue weighted by Crippen LogP contribution is -2.20. The number of aromatic hydroxyl groups is 1. The summed E-state index contributed by atoms with van der Waals surface area (Å²) in [6.07, 6.45) is 9.67. The topological polar surface area (TPSA) is 54.4 Å². The Kier molecular flexibility index (Phi) is 6.20. The van der Waals surface area contributed by atoms with Crippen molar-refractivity contribution >= 4 is 23.7 Å². The summed E-state index contributed by atoms with van der Waals surface area (Å²) in [4.78, 5) is 25.6. The van der Waals surface area contributed by atoms with Crippen LogP contribution in [0.4, 0.5) is 4.39 Å². The molecular weight excluding hydrogens is 415 g/mol. The van der Waals surface area contributed by atoms with E-state index in [2.05, 4.69) is 13.2 Å².